The molecule has 0 saturated heterocycles. The first kappa shape index (κ1) is 18.1. The predicted molar refractivity (Wildman–Crippen MR) is 105 cm³/mol. The van der Waals surface area contributed by atoms with Crippen molar-refractivity contribution >= 4 is 23.0 Å². The Bertz CT molecular complexity index is 840. The number of hydrogen-bond donors (Lipinski definition) is 1. The number of anilines is 1. The standard InChI is InChI=1S/C22H24N2O2/c1-15(2)23-20-13-19(17-9-5-4-6-10-17)18-11-7-8-12-21(18)24(22(20)26)14-16(3)25/h4-13,15,20,23H,14H2,1-3H3. The molecule has 2 aromatic carbocycles. The lowest BCUT2D eigenvalue weighted by molar-refractivity contribution is -0.122. The summed E-state index contributed by atoms with van der Waals surface area (Å²) in [6.45, 7) is 5.60. The van der Waals surface area contributed by atoms with Crippen molar-refractivity contribution in [1.29, 1.82) is 0 Å². The molecule has 0 radical (unpaired) electrons. The molecule has 4 heteroatoms. The molecule has 2 aromatic rings. The van der Waals surface area contributed by atoms with E-state index in [-0.39, 0.29) is 24.3 Å². The molecular weight excluding hydrogens is 324 g/mol. The number of nitrogens with zero attached hydrogens (tertiary/aromatic N) is 1. The summed E-state index contributed by atoms with van der Waals surface area (Å²) in [5, 5.41) is 3.33. The summed E-state index contributed by atoms with van der Waals surface area (Å²) in [6.07, 6.45) is 1.98. The van der Waals surface area contributed by atoms with Crippen molar-refractivity contribution in [2.24, 2.45) is 0 Å². The van der Waals surface area contributed by atoms with Crippen LogP contribution in [0.3, 0.4) is 0 Å². The monoisotopic (exact) mass is 348 g/mol. The fourth-order valence-corrected chi connectivity index (χ4v) is 3.28. The minimum Gasteiger partial charge on any atom is -0.303 e. The summed E-state index contributed by atoms with van der Waals surface area (Å²) in [6, 6.07) is 17.5. The minimum atomic E-state index is -0.489. The highest BCUT2D eigenvalue weighted by molar-refractivity contribution is 6.08. The van der Waals surface area contributed by atoms with E-state index in [1.54, 1.807) is 4.90 Å². The Morgan fingerprint density at radius 1 is 1.08 bits per heavy atom. The first-order chi connectivity index (χ1) is 12.5. The molecule has 0 saturated carbocycles. The third kappa shape index (κ3) is 3.75. The highest BCUT2D eigenvalue weighted by Gasteiger charge is 2.31. The number of hydrogen-bond acceptors (Lipinski definition) is 3. The minimum absolute atomic E-state index is 0.0420. The number of carbonyl (C=O) groups excluding carboxylic acids is 2. The van der Waals surface area contributed by atoms with Crippen LogP contribution >= 0.6 is 0 Å². The molecule has 134 valence electrons. The molecule has 0 fully saturated rings. The van der Waals surface area contributed by atoms with Gasteiger partial charge in [0.15, 0.2) is 0 Å². The van der Waals surface area contributed by atoms with Crippen molar-refractivity contribution in [1.82, 2.24) is 5.32 Å². The topological polar surface area (TPSA) is 49.4 Å². The number of benzene rings is 2. The van der Waals surface area contributed by atoms with Crippen LogP contribution in [0.25, 0.3) is 5.57 Å². The lowest BCUT2D eigenvalue weighted by Gasteiger charge is -2.26. The number of ketones is 1. The van der Waals surface area contributed by atoms with Crippen LogP contribution in [0.5, 0.6) is 0 Å². The molecule has 0 spiro atoms. The van der Waals surface area contributed by atoms with Gasteiger partial charge in [0.25, 0.3) is 0 Å². The number of fused-ring (bicyclic) bond motifs is 1. The number of carbonyl (C=O) groups is 2. The molecule has 1 N–H and O–H groups in total. The Hall–Kier alpha value is -2.72. The molecule has 1 unspecified atom stereocenters. The van der Waals surface area contributed by atoms with Gasteiger partial charge in [-0.2, -0.15) is 0 Å². The molecule has 26 heavy (non-hydrogen) atoms. The van der Waals surface area contributed by atoms with E-state index in [1.165, 1.54) is 6.92 Å². The van der Waals surface area contributed by atoms with E-state index in [0.29, 0.717) is 0 Å². The zero-order chi connectivity index (χ0) is 18.7. The third-order valence-corrected chi connectivity index (χ3v) is 4.33. The second-order valence-electron chi connectivity index (χ2n) is 6.89. The number of para-hydroxylation sites is 1. The average molecular weight is 348 g/mol. The van der Waals surface area contributed by atoms with Gasteiger partial charge in [0.2, 0.25) is 5.91 Å². The fraction of sp³-hybridized carbons (Fsp3) is 0.273. The molecule has 1 aliphatic rings. The zero-order valence-corrected chi connectivity index (χ0v) is 15.4. The summed E-state index contributed by atoms with van der Waals surface area (Å²) in [4.78, 5) is 26.7. The Morgan fingerprint density at radius 3 is 2.38 bits per heavy atom. The maximum Gasteiger partial charge on any atom is 0.248 e. The molecule has 0 aliphatic carbocycles. The van der Waals surface area contributed by atoms with E-state index in [4.69, 9.17) is 0 Å². The van der Waals surface area contributed by atoms with Crippen molar-refractivity contribution in [2.45, 2.75) is 32.9 Å². The Balaban J connectivity index is 2.20. The summed E-state index contributed by atoms with van der Waals surface area (Å²) < 4.78 is 0. The van der Waals surface area contributed by atoms with E-state index >= 15 is 0 Å². The summed E-state index contributed by atoms with van der Waals surface area (Å²) in [5.74, 6) is -0.146. The van der Waals surface area contributed by atoms with Gasteiger partial charge >= 0.3 is 0 Å². The van der Waals surface area contributed by atoms with E-state index in [0.717, 1.165) is 22.4 Å². The number of Topliss-reactive ketones (excluding diaryl/α,β-unsaturated/α-hetero) is 1. The van der Waals surface area contributed by atoms with Crippen LogP contribution in [0.2, 0.25) is 0 Å². The maximum absolute atomic E-state index is 13.2. The molecule has 0 aromatic heterocycles. The first-order valence-corrected chi connectivity index (χ1v) is 8.91. The SMILES string of the molecule is CC(=O)CN1C(=O)C(NC(C)C)C=C(c2ccccc2)c2ccccc21. The quantitative estimate of drug-likeness (QED) is 0.901. The summed E-state index contributed by atoms with van der Waals surface area (Å²) in [7, 11) is 0. The van der Waals surface area contributed by atoms with Crippen LogP contribution in [0, 0.1) is 0 Å². The smallest absolute Gasteiger partial charge is 0.248 e. The lowest BCUT2D eigenvalue weighted by Crippen LogP contribution is -2.48. The number of rotatable bonds is 5. The Kier molecular flexibility index (Phi) is 5.33. The van der Waals surface area contributed by atoms with Crippen molar-refractivity contribution < 1.29 is 9.59 Å². The van der Waals surface area contributed by atoms with Crippen LogP contribution in [-0.2, 0) is 9.59 Å². The second-order valence-corrected chi connectivity index (χ2v) is 6.89. The van der Waals surface area contributed by atoms with E-state index in [9.17, 15) is 9.59 Å². The largest absolute Gasteiger partial charge is 0.303 e. The Labute approximate surface area is 154 Å². The zero-order valence-electron chi connectivity index (χ0n) is 15.4. The molecular formula is C22H24N2O2. The van der Waals surface area contributed by atoms with E-state index in [1.807, 2.05) is 74.5 Å². The van der Waals surface area contributed by atoms with Crippen LogP contribution in [0.1, 0.15) is 31.9 Å². The first-order valence-electron chi connectivity index (χ1n) is 8.91. The molecule has 1 heterocycles. The fourth-order valence-electron chi connectivity index (χ4n) is 3.28. The molecule has 4 nitrogen and oxygen atoms in total. The molecule has 3 rings (SSSR count). The van der Waals surface area contributed by atoms with E-state index < -0.39 is 6.04 Å². The van der Waals surface area contributed by atoms with Gasteiger partial charge in [-0.05, 0) is 44.1 Å². The molecule has 1 aliphatic heterocycles. The van der Waals surface area contributed by atoms with Gasteiger partial charge in [-0.1, -0.05) is 48.5 Å². The molecule has 0 bridgehead atoms. The second kappa shape index (κ2) is 7.67. The van der Waals surface area contributed by atoms with Crippen LogP contribution < -0.4 is 10.2 Å². The molecule has 1 atom stereocenters. The van der Waals surface area contributed by atoms with Gasteiger partial charge in [-0.25, -0.2) is 0 Å². The maximum atomic E-state index is 13.2. The van der Waals surface area contributed by atoms with Crippen molar-refractivity contribution in [3.63, 3.8) is 0 Å². The highest BCUT2D eigenvalue weighted by atomic mass is 16.2. The number of amides is 1. The van der Waals surface area contributed by atoms with Gasteiger partial charge in [-0.3, -0.25) is 9.59 Å². The van der Waals surface area contributed by atoms with Gasteiger partial charge < -0.3 is 10.2 Å². The summed E-state index contributed by atoms with van der Waals surface area (Å²) in [5.41, 5.74) is 3.78. The average Bonchev–Trinajstić information content (AvgIpc) is 2.72. The van der Waals surface area contributed by atoms with Gasteiger partial charge in [0, 0.05) is 11.6 Å². The Morgan fingerprint density at radius 2 is 1.73 bits per heavy atom. The van der Waals surface area contributed by atoms with Crippen molar-refractivity contribution in [3.8, 4) is 0 Å². The van der Waals surface area contributed by atoms with Gasteiger partial charge in [0.05, 0.1) is 12.2 Å². The van der Waals surface area contributed by atoms with Crippen LogP contribution in [0.15, 0.2) is 60.7 Å². The normalized spacial score (nSPS) is 16.9. The lowest BCUT2D eigenvalue weighted by atomic mass is 9.95. The highest BCUT2D eigenvalue weighted by Crippen LogP contribution is 2.35. The third-order valence-electron chi connectivity index (χ3n) is 4.33. The van der Waals surface area contributed by atoms with Gasteiger partial charge in [0.1, 0.15) is 11.8 Å². The molecule has 1 amide bonds. The van der Waals surface area contributed by atoms with E-state index in [2.05, 4.69) is 5.32 Å². The van der Waals surface area contributed by atoms with Gasteiger partial charge in [-0.15, -0.1) is 0 Å². The number of nitrogens with one attached hydrogen (secondary N) is 1. The van der Waals surface area contributed by atoms with Crippen LogP contribution in [0.4, 0.5) is 5.69 Å². The van der Waals surface area contributed by atoms with Crippen LogP contribution in [-0.4, -0.2) is 30.3 Å². The van der Waals surface area contributed by atoms with Crippen molar-refractivity contribution in [3.05, 3.63) is 71.8 Å². The predicted octanol–water partition coefficient (Wildman–Crippen LogP) is 3.42. The summed E-state index contributed by atoms with van der Waals surface area (Å²) >= 11 is 0. The van der Waals surface area contributed by atoms with Crippen molar-refractivity contribution in [2.75, 3.05) is 11.4 Å².